The highest BCUT2D eigenvalue weighted by atomic mass is 32.2. The van der Waals surface area contributed by atoms with Crippen molar-refractivity contribution in [1.29, 1.82) is 0 Å². The average molecular weight is 794 g/mol. The second-order valence-corrected chi connectivity index (χ2v) is 17.5. The third-order valence-corrected chi connectivity index (χ3v) is 13.2. The van der Waals surface area contributed by atoms with Gasteiger partial charge in [0.2, 0.25) is 22.7 Å². The average Bonchev–Trinajstić information content (AvgIpc) is 4.05. The molecule has 0 bridgehead atoms. The normalized spacial score (nSPS) is 28.8. The van der Waals surface area contributed by atoms with Crippen LogP contribution in [0.15, 0.2) is 66.9 Å². The third kappa shape index (κ3) is 7.67. The van der Waals surface area contributed by atoms with Crippen LogP contribution < -0.4 is 24.8 Å². The van der Waals surface area contributed by atoms with E-state index in [1.165, 1.54) is 23.1 Å². The molecule has 7 rings (SSSR count). The van der Waals surface area contributed by atoms with Gasteiger partial charge in [0.05, 0.1) is 19.2 Å². The molecule has 3 N–H and O–H groups in total. The number of halogens is 2. The molecule has 3 aromatic rings. The van der Waals surface area contributed by atoms with Gasteiger partial charge < -0.3 is 25.0 Å². The first-order chi connectivity index (χ1) is 26.6. The summed E-state index contributed by atoms with van der Waals surface area (Å²) >= 11 is 0. The largest absolute Gasteiger partial charge is 0.497 e. The van der Waals surface area contributed by atoms with Crippen molar-refractivity contribution in [1.82, 2.24) is 25.2 Å². The van der Waals surface area contributed by atoms with Crippen LogP contribution in [0.2, 0.25) is 0 Å². The molecule has 0 unspecified atom stereocenters. The van der Waals surface area contributed by atoms with Crippen molar-refractivity contribution in [3.63, 3.8) is 0 Å². The molecule has 1 saturated heterocycles. The quantitative estimate of drug-likeness (QED) is 0.281. The molecule has 3 heterocycles. The van der Waals surface area contributed by atoms with Crippen LogP contribution in [0.3, 0.4) is 0 Å². The lowest BCUT2D eigenvalue weighted by Crippen LogP contribution is -2.59. The fourth-order valence-electron chi connectivity index (χ4n) is 7.86. The Balaban J connectivity index is 1.24. The van der Waals surface area contributed by atoms with E-state index in [1.807, 2.05) is 30.7 Å². The number of nitrogens with one attached hydrogen (secondary N) is 3. The second kappa shape index (κ2) is 15.1. The molecule has 298 valence electrons. The van der Waals surface area contributed by atoms with Crippen LogP contribution in [0, 0.1) is 23.6 Å². The minimum absolute atomic E-state index is 0.0494. The summed E-state index contributed by atoms with van der Waals surface area (Å²) in [5.74, 6) is -4.16. The Morgan fingerprint density at radius 1 is 1.07 bits per heavy atom. The summed E-state index contributed by atoms with van der Waals surface area (Å²) in [6.45, 7) is 3.70. The third-order valence-electron chi connectivity index (χ3n) is 11.4. The molecule has 4 aliphatic rings. The maximum absolute atomic E-state index is 14.8. The van der Waals surface area contributed by atoms with E-state index < -0.39 is 80.0 Å². The van der Waals surface area contributed by atoms with Crippen LogP contribution in [0.4, 0.5) is 8.78 Å². The van der Waals surface area contributed by atoms with E-state index in [9.17, 15) is 36.4 Å². The molecule has 7 atom stereocenters. The van der Waals surface area contributed by atoms with Gasteiger partial charge >= 0.3 is 0 Å². The molecule has 13 nitrogen and oxygen atoms in total. The first-order valence-corrected chi connectivity index (χ1v) is 20.3. The molecule has 2 aliphatic carbocycles. The Labute approximate surface area is 323 Å². The van der Waals surface area contributed by atoms with Gasteiger partial charge in [-0.3, -0.25) is 19.2 Å². The Morgan fingerprint density at radius 2 is 1.84 bits per heavy atom. The van der Waals surface area contributed by atoms with Crippen LogP contribution >= 0.6 is 0 Å². The standard InChI is InChI=1S/C40H45F2N5O8S/c1-23-8-4-5-9-26-21-40(26,38(51)46-56(52,53)39(42)15-16-39)45-35(49)32-20-28(55-36-29-13-12-27(54-3)19-25(29)14-17-43-36)22-47(32)37(50)33(24(2)18-23)44-34(48)30-10-6-7-11-31(30)41/h5-7,9-14,17,19,23-24,26,28,32-33H,4,8,15-16,18,20-22H2,1-3H3,(H,44,48)(H,45,49)(H,46,51)/t23-,24-,26-,28-,32+,33+,40-/m1/s1. The number of alkyl halides is 1. The molecule has 56 heavy (non-hydrogen) atoms. The topological polar surface area (TPSA) is 173 Å². The van der Waals surface area contributed by atoms with E-state index in [-0.39, 0.29) is 49.6 Å². The zero-order chi connectivity index (χ0) is 40.0. The summed E-state index contributed by atoms with van der Waals surface area (Å²) in [6, 6.07) is 10.1. The summed E-state index contributed by atoms with van der Waals surface area (Å²) in [4.78, 5) is 62.3. The van der Waals surface area contributed by atoms with E-state index in [1.54, 1.807) is 37.6 Å². The number of amides is 4. The van der Waals surface area contributed by atoms with Crippen molar-refractivity contribution in [2.75, 3.05) is 13.7 Å². The van der Waals surface area contributed by atoms with Crippen LogP contribution in [-0.2, 0) is 24.4 Å². The van der Waals surface area contributed by atoms with Gasteiger partial charge in [-0.25, -0.2) is 26.9 Å². The first kappa shape index (κ1) is 39.1. The lowest BCUT2D eigenvalue weighted by Gasteiger charge is -2.33. The van der Waals surface area contributed by atoms with Crippen LogP contribution in [0.25, 0.3) is 10.8 Å². The van der Waals surface area contributed by atoms with Crippen molar-refractivity contribution >= 4 is 44.4 Å². The number of hydrogen-bond donors (Lipinski definition) is 3. The Bertz CT molecular complexity index is 2200. The predicted octanol–water partition coefficient (Wildman–Crippen LogP) is 4.32. The van der Waals surface area contributed by atoms with Crippen LogP contribution in [0.5, 0.6) is 11.6 Å². The number of aromatic nitrogens is 1. The second-order valence-electron chi connectivity index (χ2n) is 15.5. The van der Waals surface area contributed by atoms with Gasteiger partial charge in [-0.05, 0) is 79.3 Å². The van der Waals surface area contributed by atoms with Crippen LogP contribution in [-0.4, -0.2) is 84.3 Å². The Hall–Kier alpha value is -5.12. The summed E-state index contributed by atoms with van der Waals surface area (Å²) in [5, 5.41) is 4.37. The Kier molecular flexibility index (Phi) is 10.5. The molecule has 0 spiro atoms. The number of carbonyl (C=O) groups is 4. The van der Waals surface area contributed by atoms with Gasteiger partial charge in [0.25, 0.3) is 21.8 Å². The number of pyridine rings is 1. The minimum Gasteiger partial charge on any atom is -0.497 e. The van der Waals surface area contributed by atoms with Gasteiger partial charge in [-0.15, -0.1) is 0 Å². The fraction of sp³-hybridized carbons (Fsp3) is 0.475. The van der Waals surface area contributed by atoms with E-state index >= 15 is 0 Å². The number of nitrogens with zero attached hydrogens (tertiary/aromatic N) is 2. The first-order valence-electron chi connectivity index (χ1n) is 18.8. The number of hydrogen-bond acceptors (Lipinski definition) is 9. The number of carbonyl (C=O) groups excluding carboxylic acids is 4. The van der Waals surface area contributed by atoms with Crippen molar-refractivity contribution in [2.24, 2.45) is 17.8 Å². The van der Waals surface area contributed by atoms with Crippen molar-refractivity contribution in [2.45, 2.75) is 87.5 Å². The predicted molar refractivity (Wildman–Crippen MR) is 201 cm³/mol. The van der Waals surface area contributed by atoms with Gasteiger partial charge in [0, 0.05) is 36.8 Å². The monoisotopic (exact) mass is 793 g/mol. The molecule has 1 aromatic heterocycles. The molecule has 4 amide bonds. The zero-order valence-electron chi connectivity index (χ0n) is 31.3. The lowest BCUT2D eigenvalue weighted by molar-refractivity contribution is -0.142. The summed E-state index contributed by atoms with van der Waals surface area (Å²) < 4.78 is 68.8. The molecular formula is C40H45F2N5O8S. The van der Waals surface area contributed by atoms with Crippen molar-refractivity contribution in [3.05, 3.63) is 78.3 Å². The van der Waals surface area contributed by atoms with Gasteiger partial charge in [-0.1, -0.05) is 38.1 Å². The molecule has 2 aliphatic heterocycles. The number of benzene rings is 2. The molecule has 0 radical (unpaired) electrons. The van der Waals surface area contributed by atoms with Gasteiger partial charge in [0.1, 0.15) is 35.3 Å². The number of ether oxygens (including phenoxy) is 2. The molecule has 16 heteroatoms. The molecule has 3 fully saturated rings. The van der Waals surface area contributed by atoms with Crippen molar-refractivity contribution < 1.29 is 45.9 Å². The SMILES string of the molecule is COc1ccc2c(O[C@@H]3C[C@H]4C(=O)N[C@]5(C(=O)NS(=O)(=O)C6(F)CC6)C[C@H]5C=CCC[C@@H](C)C[C@@H](C)[C@H](NC(=O)c5ccccc5F)C(=O)N4C3)nccc2c1. The highest BCUT2D eigenvalue weighted by molar-refractivity contribution is 7.91. The fourth-order valence-corrected chi connectivity index (χ4v) is 9.11. The van der Waals surface area contributed by atoms with E-state index in [0.717, 1.165) is 11.5 Å². The van der Waals surface area contributed by atoms with E-state index in [0.29, 0.717) is 30.4 Å². The van der Waals surface area contributed by atoms with Crippen molar-refractivity contribution in [3.8, 4) is 11.6 Å². The summed E-state index contributed by atoms with van der Waals surface area (Å²) in [7, 11) is -3.14. The molecule has 2 saturated carbocycles. The number of methoxy groups -OCH3 is 1. The van der Waals surface area contributed by atoms with Crippen LogP contribution in [0.1, 0.15) is 69.2 Å². The highest BCUT2D eigenvalue weighted by Crippen LogP contribution is 2.48. The summed E-state index contributed by atoms with van der Waals surface area (Å²) in [5.41, 5.74) is -1.98. The number of allylic oxidation sites excluding steroid dienone is 1. The van der Waals surface area contributed by atoms with Gasteiger partial charge in [0.15, 0.2) is 0 Å². The van der Waals surface area contributed by atoms with E-state index in [2.05, 4.69) is 15.6 Å². The smallest absolute Gasteiger partial charge is 0.270 e. The van der Waals surface area contributed by atoms with Gasteiger partial charge in [-0.2, -0.15) is 0 Å². The van der Waals surface area contributed by atoms with E-state index in [4.69, 9.17) is 9.47 Å². The number of fused-ring (bicyclic) bond motifs is 3. The summed E-state index contributed by atoms with van der Waals surface area (Å²) in [6.07, 6.45) is 5.61. The molecular weight excluding hydrogens is 749 g/mol. The minimum atomic E-state index is -4.69. The number of sulfonamides is 1. The lowest BCUT2D eigenvalue weighted by atomic mass is 9.87. The maximum Gasteiger partial charge on any atom is 0.270 e. The maximum atomic E-state index is 14.8. The number of rotatable bonds is 8. The Morgan fingerprint density at radius 3 is 2.57 bits per heavy atom. The zero-order valence-corrected chi connectivity index (χ0v) is 32.1. The molecule has 2 aromatic carbocycles. The highest BCUT2D eigenvalue weighted by Gasteiger charge is 2.64.